The van der Waals surface area contributed by atoms with Gasteiger partial charge in [-0.2, -0.15) is 5.10 Å². The largest absolute Gasteiger partial charge is 0.483 e. The smallest absolute Gasteiger partial charge is 0.412 e. The second-order valence-corrected chi connectivity index (χ2v) is 5.22. The summed E-state index contributed by atoms with van der Waals surface area (Å²) in [6.07, 6.45) is -0.556. The van der Waals surface area contributed by atoms with Crippen LogP contribution in [0.5, 0.6) is 5.75 Å². The van der Waals surface area contributed by atoms with E-state index in [0.717, 1.165) is 11.1 Å². The number of carbonyl (C=O) groups excluding carboxylic acids is 1. The van der Waals surface area contributed by atoms with Crippen molar-refractivity contribution in [2.75, 3.05) is 12.4 Å². The highest BCUT2D eigenvalue weighted by Crippen LogP contribution is 2.29. The molecule has 22 heavy (non-hydrogen) atoms. The first-order chi connectivity index (χ1) is 10.4. The fourth-order valence-electron chi connectivity index (χ4n) is 2.20. The van der Waals surface area contributed by atoms with Crippen molar-refractivity contribution in [2.24, 2.45) is 7.05 Å². The molecule has 0 fully saturated rings. The zero-order valence-electron chi connectivity index (χ0n) is 13.6. The van der Waals surface area contributed by atoms with Gasteiger partial charge in [-0.25, -0.2) is 9.48 Å². The van der Waals surface area contributed by atoms with E-state index < -0.39 is 6.09 Å². The number of nitrogens with one attached hydrogen (secondary N) is 1. The van der Waals surface area contributed by atoms with Gasteiger partial charge in [-0.3, -0.25) is 5.32 Å². The van der Waals surface area contributed by atoms with Gasteiger partial charge in [0.2, 0.25) is 0 Å². The average Bonchev–Trinajstić information content (AvgIpc) is 2.74. The molecule has 0 aliphatic carbocycles. The Morgan fingerprint density at radius 3 is 2.73 bits per heavy atom. The Bertz CT molecular complexity index is 692. The SMILES string of the molecule is COC(=O)Nc1c(OCc2cc(C)ccc2C)c(C)nn1C. The fourth-order valence-corrected chi connectivity index (χ4v) is 2.20. The Balaban J connectivity index is 2.22. The Labute approximate surface area is 130 Å². The van der Waals surface area contributed by atoms with Crippen molar-refractivity contribution in [3.05, 3.63) is 40.6 Å². The summed E-state index contributed by atoms with van der Waals surface area (Å²) in [6, 6.07) is 6.23. The molecule has 118 valence electrons. The average molecular weight is 303 g/mol. The van der Waals surface area contributed by atoms with E-state index in [9.17, 15) is 4.79 Å². The number of amides is 1. The number of methoxy groups -OCH3 is 1. The predicted octanol–water partition coefficient (Wildman–Crippen LogP) is 3.10. The molecule has 0 aliphatic rings. The maximum Gasteiger partial charge on any atom is 0.412 e. The number of aryl methyl sites for hydroxylation is 4. The quantitative estimate of drug-likeness (QED) is 0.942. The minimum atomic E-state index is -0.556. The molecule has 0 atom stereocenters. The number of carbonyl (C=O) groups is 1. The topological polar surface area (TPSA) is 65.4 Å². The van der Waals surface area contributed by atoms with Gasteiger partial charge in [0.25, 0.3) is 0 Å². The molecule has 0 aliphatic heterocycles. The van der Waals surface area contributed by atoms with Crippen LogP contribution < -0.4 is 10.1 Å². The van der Waals surface area contributed by atoms with E-state index in [4.69, 9.17) is 4.74 Å². The zero-order valence-corrected chi connectivity index (χ0v) is 13.6. The fraction of sp³-hybridized carbons (Fsp3) is 0.375. The van der Waals surface area contributed by atoms with Crippen molar-refractivity contribution in [2.45, 2.75) is 27.4 Å². The monoisotopic (exact) mass is 303 g/mol. The summed E-state index contributed by atoms with van der Waals surface area (Å²) in [7, 11) is 3.05. The second kappa shape index (κ2) is 6.51. The summed E-state index contributed by atoms with van der Waals surface area (Å²) in [5.41, 5.74) is 4.15. The summed E-state index contributed by atoms with van der Waals surface area (Å²) in [4.78, 5) is 11.4. The molecule has 1 N–H and O–H groups in total. The van der Waals surface area contributed by atoms with Gasteiger partial charge in [0.15, 0.2) is 11.6 Å². The van der Waals surface area contributed by atoms with Crippen LogP contribution in [-0.4, -0.2) is 23.0 Å². The number of benzene rings is 1. The van der Waals surface area contributed by atoms with E-state index in [1.807, 2.05) is 20.8 Å². The Kier molecular flexibility index (Phi) is 4.70. The molecule has 1 aromatic carbocycles. The number of rotatable bonds is 4. The van der Waals surface area contributed by atoms with Gasteiger partial charge in [-0.15, -0.1) is 0 Å². The van der Waals surface area contributed by atoms with Gasteiger partial charge >= 0.3 is 6.09 Å². The Morgan fingerprint density at radius 2 is 2.05 bits per heavy atom. The van der Waals surface area contributed by atoms with Crippen molar-refractivity contribution in [1.82, 2.24) is 9.78 Å². The highest BCUT2D eigenvalue weighted by Gasteiger charge is 2.17. The van der Waals surface area contributed by atoms with Crippen LogP contribution in [0.3, 0.4) is 0 Å². The van der Waals surface area contributed by atoms with Crippen molar-refractivity contribution in [3.63, 3.8) is 0 Å². The summed E-state index contributed by atoms with van der Waals surface area (Å²) in [6.45, 7) is 6.33. The maximum absolute atomic E-state index is 11.4. The standard InChI is InChI=1S/C16H21N3O3/c1-10-6-7-11(2)13(8-10)9-22-14-12(3)18-19(4)15(14)17-16(20)21-5/h6-8H,9H2,1-5H3,(H,17,20). The second-order valence-electron chi connectivity index (χ2n) is 5.22. The zero-order chi connectivity index (χ0) is 16.3. The Morgan fingerprint density at radius 1 is 1.32 bits per heavy atom. The van der Waals surface area contributed by atoms with Crippen LogP contribution in [0.1, 0.15) is 22.4 Å². The molecule has 1 aromatic heterocycles. The van der Waals surface area contributed by atoms with E-state index in [-0.39, 0.29) is 0 Å². The molecule has 1 amide bonds. The van der Waals surface area contributed by atoms with Crippen LogP contribution in [0, 0.1) is 20.8 Å². The number of ether oxygens (including phenoxy) is 2. The van der Waals surface area contributed by atoms with Crippen LogP contribution in [0.15, 0.2) is 18.2 Å². The molecule has 0 spiro atoms. The summed E-state index contributed by atoms with van der Waals surface area (Å²) >= 11 is 0. The van der Waals surface area contributed by atoms with Gasteiger partial charge in [0, 0.05) is 7.05 Å². The van der Waals surface area contributed by atoms with Gasteiger partial charge in [0.1, 0.15) is 12.3 Å². The molecule has 0 bridgehead atoms. The molecule has 1 heterocycles. The van der Waals surface area contributed by atoms with Crippen molar-refractivity contribution < 1.29 is 14.3 Å². The maximum atomic E-state index is 11.4. The van der Waals surface area contributed by atoms with E-state index in [1.165, 1.54) is 12.7 Å². The predicted molar refractivity (Wildman–Crippen MR) is 84.2 cm³/mol. The lowest BCUT2D eigenvalue weighted by atomic mass is 10.1. The van der Waals surface area contributed by atoms with Gasteiger partial charge in [-0.05, 0) is 31.9 Å². The lowest BCUT2D eigenvalue weighted by molar-refractivity contribution is 0.186. The van der Waals surface area contributed by atoms with Crippen LogP contribution in [-0.2, 0) is 18.4 Å². The normalized spacial score (nSPS) is 10.4. The van der Waals surface area contributed by atoms with Gasteiger partial charge < -0.3 is 9.47 Å². The number of hydrogen-bond donors (Lipinski definition) is 1. The number of hydrogen-bond acceptors (Lipinski definition) is 4. The molecule has 0 radical (unpaired) electrons. The minimum Gasteiger partial charge on any atom is -0.483 e. The highest BCUT2D eigenvalue weighted by molar-refractivity contribution is 5.85. The van der Waals surface area contributed by atoms with E-state index >= 15 is 0 Å². The summed E-state index contributed by atoms with van der Waals surface area (Å²) in [5.74, 6) is 1.03. The number of nitrogens with zero attached hydrogens (tertiary/aromatic N) is 2. The molecule has 6 heteroatoms. The lowest BCUT2D eigenvalue weighted by Gasteiger charge is -2.11. The van der Waals surface area contributed by atoms with Crippen LogP contribution >= 0.6 is 0 Å². The van der Waals surface area contributed by atoms with Crippen LogP contribution in [0.2, 0.25) is 0 Å². The van der Waals surface area contributed by atoms with E-state index in [2.05, 4.69) is 33.4 Å². The highest BCUT2D eigenvalue weighted by atomic mass is 16.5. The number of anilines is 1. The van der Waals surface area contributed by atoms with Crippen LogP contribution in [0.4, 0.5) is 10.6 Å². The van der Waals surface area contributed by atoms with Gasteiger partial charge in [-0.1, -0.05) is 23.8 Å². The van der Waals surface area contributed by atoms with E-state index in [0.29, 0.717) is 23.9 Å². The molecule has 0 saturated carbocycles. The summed E-state index contributed by atoms with van der Waals surface area (Å²) in [5, 5.41) is 6.90. The minimum absolute atomic E-state index is 0.413. The van der Waals surface area contributed by atoms with Gasteiger partial charge in [0.05, 0.1) is 7.11 Å². The van der Waals surface area contributed by atoms with E-state index in [1.54, 1.807) is 11.7 Å². The van der Waals surface area contributed by atoms with Crippen molar-refractivity contribution >= 4 is 11.9 Å². The molecule has 6 nitrogen and oxygen atoms in total. The lowest BCUT2D eigenvalue weighted by Crippen LogP contribution is -2.14. The summed E-state index contributed by atoms with van der Waals surface area (Å²) < 4.78 is 12.1. The van der Waals surface area contributed by atoms with Crippen LogP contribution in [0.25, 0.3) is 0 Å². The first-order valence-electron chi connectivity index (χ1n) is 7.00. The molecule has 0 unspecified atom stereocenters. The first kappa shape index (κ1) is 15.9. The molecular weight excluding hydrogens is 282 g/mol. The van der Waals surface area contributed by atoms with Crippen molar-refractivity contribution in [1.29, 1.82) is 0 Å². The molecular formula is C16H21N3O3. The third-order valence-electron chi connectivity index (χ3n) is 3.45. The molecule has 0 saturated heterocycles. The Hall–Kier alpha value is -2.50. The number of aromatic nitrogens is 2. The third-order valence-corrected chi connectivity index (χ3v) is 3.45. The third kappa shape index (κ3) is 3.39. The van der Waals surface area contributed by atoms with Crippen molar-refractivity contribution in [3.8, 4) is 5.75 Å². The molecule has 2 rings (SSSR count). The first-order valence-corrected chi connectivity index (χ1v) is 7.00. The molecule has 2 aromatic rings.